The largest absolute Gasteiger partial charge is 0.374 e. The van der Waals surface area contributed by atoms with E-state index >= 15 is 0 Å². The molecule has 184 valence electrons. The summed E-state index contributed by atoms with van der Waals surface area (Å²) in [5.41, 5.74) is 1.08. The average molecular weight is 467 g/mol. The van der Waals surface area contributed by atoms with E-state index in [0.29, 0.717) is 36.9 Å². The molecular formula is C24H36F2N4O3. The minimum absolute atomic E-state index is 0.0533. The molecule has 1 aliphatic heterocycles. The molecule has 1 aromatic rings. The first-order valence-electron chi connectivity index (χ1n) is 11.3. The highest BCUT2D eigenvalue weighted by molar-refractivity contribution is 5.89. The third-order valence-electron chi connectivity index (χ3n) is 6.17. The fourth-order valence-corrected chi connectivity index (χ4v) is 4.00. The highest BCUT2D eigenvalue weighted by atomic mass is 19.2. The third kappa shape index (κ3) is 7.23. The molecule has 2 rings (SSSR count). The summed E-state index contributed by atoms with van der Waals surface area (Å²) < 4.78 is 32.7. The number of carbonyl (C=O) groups excluding carboxylic acids is 2. The molecule has 0 bridgehead atoms. The molecule has 0 aliphatic carbocycles. The molecule has 0 radical (unpaired) electrons. The minimum Gasteiger partial charge on any atom is -0.374 e. The minimum atomic E-state index is -0.993. The topological polar surface area (TPSA) is 73.9 Å². The summed E-state index contributed by atoms with van der Waals surface area (Å²) in [7, 11) is 4.80. The van der Waals surface area contributed by atoms with Crippen molar-refractivity contribution in [1.29, 1.82) is 0 Å². The van der Waals surface area contributed by atoms with E-state index in [-0.39, 0.29) is 18.2 Å². The van der Waals surface area contributed by atoms with Crippen LogP contribution < -0.4 is 10.6 Å². The van der Waals surface area contributed by atoms with Gasteiger partial charge in [0.1, 0.15) is 12.1 Å². The number of benzene rings is 1. The standard InChI is InChI=1S/C24H36F2N4O3/c1-6-21(29(4)16(2)14-33-15-18-8-7-11-28-18)24(32)30(5)22(23(31)27-3)13-17-9-10-19(25)20(26)12-17/h9-10,12,18,21-22,28H,2,6-8,11,13-15H2,1,3-5H3,(H,27,31)/t18?,21-,22?/m1/s1. The first-order chi connectivity index (χ1) is 15.7. The lowest BCUT2D eigenvalue weighted by atomic mass is 10.0. The van der Waals surface area contributed by atoms with Crippen molar-refractivity contribution in [2.75, 3.05) is 40.9 Å². The maximum atomic E-state index is 13.7. The number of nitrogens with one attached hydrogen (secondary N) is 2. The number of carbonyl (C=O) groups is 2. The van der Waals surface area contributed by atoms with Gasteiger partial charge in [0, 0.05) is 39.3 Å². The lowest BCUT2D eigenvalue weighted by Gasteiger charge is -2.35. The second kappa shape index (κ2) is 12.6. The molecule has 0 saturated carbocycles. The van der Waals surface area contributed by atoms with Crippen molar-refractivity contribution in [2.45, 2.75) is 50.7 Å². The van der Waals surface area contributed by atoms with Gasteiger partial charge in [-0.05, 0) is 43.5 Å². The maximum Gasteiger partial charge on any atom is 0.245 e. The Morgan fingerprint density at radius 2 is 1.97 bits per heavy atom. The predicted molar refractivity (Wildman–Crippen MR) is 124 cm³/mol. The molecule has 1 saturated heterocycles. The Morgan fingerprint density at radius 1 is 1.24 bits per heavy atom. The molecule has 7 nitrogen and oxygen atoms in total. The number of ether oxygens (including phenoxy) is 1. The van der Waals surface area contributed by atoms with Gasteiger partial charge in [0.15, 0.2) is 11.6 Å². The van der Waals surface area contributed by atoms with Crippen LogP contribution in [0.25, 0.3) is 0 Å². The van der Waals surface area contributed by atoms with Gasteiger partial charge in [-0.25, -0.2) is 8.78 Å². The Balaban J connectivity index is 2.05. The summed E-state index contributed by atoms with van der Waals surface area (Å²) in [6.45, 7) is 7.84. The van der Waals surface area contributed by atoms with Gasteiger partial charge in [0.25, 0.3) is 0 Å². The Hall–Kier alpha value is -2.52. The first kappa shape index (κ1) is 26.7. The van der Waals surface area contributed by atoms with Crippen molar-refractivity contribution in [3.63, 3.8) is 0 Å². The maximum absolute atomic E-state index is 13.7. The molecular weight excluding hydrogens is 430 g/mol. The molecule has 3 atom stereocenters. The van der Waals surface area contributed by atoms with Crippen LogP contribution in [0, 0.1) is 11.6 Å². The first-order valence-corrected chi connectivity index (χ1v) is 11.3. The van der Waals surface area contributed by atoms with E-state index in [9.17, 15) is 18.4 Å². The van der Waals surface area contributed by atoms with Gasteiger partial charge < -0.3 is 25.2 Å². The number of halogens is 2. The SMILES string of the molecule is C=C(COCC1CCCN1)N(C)[C@H](CC)C(=O)N(C)C(Cc1ccc(F)c(F)c1)C(=O)NC. The van der Waals surface area contributed by atoms with Gasteiger partial charge in [0.2, 0.25) is 11.8 Å². The van der Waals surface area contributed by atoms with Gasteiger partial charge in [0.05, 0.1) is 13.2 Å². The highest BCUT2D eigenvalue weighted by Crippen LogP contribution is 2.17. The van der Waals surface area contributed by atoms with Gasteiger partial charge >= 0.3 is 0 Å². The Labute approximate surface area is 195 Å². The fourth-order valence-electron chi connectivity index (χ4n) is 4.00. The molecule has 2 amide bonds. The molecule has 0 aromatic heterocycles. The van der Waals surface area contributed by atoms with Gasteiger partial charge in [-0.3, -0.25) is 9.59 Å². The van der Waals surface area contributed by atoms with Crippen molar-refractivity contribution in [1.82, 2.24) is 20.4 Å². The molecule has 1 aromatic carbocycles. The van der Waals surface area contributed by atoms with Crippen LogP contribution in [0.1, 0.15) is 31.7 Å². The van der Waals surface area contributed by atoms with E-state index in [2.05, 4.69) is 17.2 Å². The third-order valence-corrected chi connectivity index (χ3v) is 6.17. The number of hydrogen-bond acceptors (Lipinski definition) is 5. The molecule has 1 heterocycles. The molecule has 9 heteroatoms. The molecule has 0 spiro atoms. The lowest BCUT2D eigenvalue weighted by molar-refractivity contribution is -0.142. The van der Waals surface area contributed by atoms with E-state index in [1.165, 1.54) is 18.0 Å². The van der Waals surface area contributed by atoms with E-state index in [4.69, 9.17) is 4.74 Å². The number of amides is 2. The Kier molecular flexibility index (Phi) is 10.2. The van der Waals surface area contributed by atoms with Crippen molar-refractivity contribution in [2.24, 2.45) is 0 Å². The van der Waals surface area contributed by atoms with Gasteiger partial charge in [-0.15, -0.1) is 0 Å². The second-order valence-electron chi connectivity index (χ2n) is 8.44. The Bertz CT molecular complexity index is 830. The summed E-state index contributed by atoms with van der Waals surface area (Å²) >= 11 is 0. The van der Waals surface area contributed by atoms with Crippen LogP contribution in [-0.4, -0.2) is 80.6 Å². The summed E-state index contributed by atoms with van der Waals surface area (Å²) in [5.74, 6) is -2.61. The van der Waals surface area contributed by atoms with Crippen molar-refractivity contribution >= 4 is 11.8 Å². The zero-order valence-electron chi connectivity index (χ0n) is 20.0. The van der Waals surface area contributed by atoms with Crippen LogP contribution in [0.2, 0.25) is 0 Å². The molecule has 33 heavy (non-hydrogen) atoms. The monoisotopic (exact) mass is 466 g/mol. The molecule has 1 fully saturated rings. The van der Waals surface area contributed by atoms with Gasteiger partial charge in [-0.2, -0.15) is 0 Å². The summed E-state index contributed by atoms with van der Waals surface area (Å²) in [5, 5.41) is 5.92. The van der Waals surface area contributed by atoms with E-state index in [1.807, 2.05) is 6.92 Å². The van der Waals surface area contributed by atoms with Crippen LogP contribution >= 0.6 is 0 Å². The van der Waals surface area contributed by atoms with E-state index in [1.54, 1.807) is 19.0 Å². The van der Waals surface area contributed by atoms with Crippen molar-refractivity contribution < 1.29 is 23.1 Å². The van der Waals surface area contributed by atoms with Crippen LogP contribution in [-0.2, 0) is 20.7 Å². The van der Waals surface area contributed by atoms with E-state index < -0.39 is 23.7 Å². The molecule has 1 aliphatic rings. The quantitative estimate of drug-likeness (QED) is 0.494. The average Bonchev–Trinajstić information content (AvgIpc) is 3.32. The van der Waals surface area contributed by atoms with Crippen LogP contribution in [0.4, 0.5) is 8.78 Å². The second-order valence-corrected chi connectivity index (χ2v) is 8.44. The summed E-state index contributed by atoms with van der Waals surface area (Å²) in [6, 6.07) is 2.39. The van der Waals surface area contributed by atoms with Crippen LogP contribution in [0.3, 0.4) is 0 Å². The summed E-state index contributed by atoms with van der Waals surface area (Å²) in [4.78, 5) is 29.1. The normalized spacial score (nSPS) is 17.3. The predicted octanol–water partition coefficient (Wildman–Crippen LogP) is 2.07. The smallest absolute Gasteiger partial charge is 0.245 e. The molecule has 2 N–H and O–H groups in total. The number of likely N-dealkylation sites (N-methyl/N-ethyl adjacent to an activating group) is 3. The van der Waals surface area contributed by atoms with Crippen molar-refractivity contribution in [3.05, 3.63) is 47.7 Å². The van der Waals surface area contributed by atoms with Crippen molar-refractivity contribution in [3.8, 4) is 0 Å². The fraction of sp³-hybridized carbons (Fsp3) is 0.583. The highest BCUT2D eigenvalue weighted by Gasteiger charge is 2.32. The zero-order valence-corrected chi connectivity index (χ0v) is 20.0. The Morgan fingerprint density at radius 3 is 2.55 bits per heavy atom. The number of rotatable bonds is 12. The lowest BCUT2D eigenvalue weighted by Crippen LogP contribution is -2.54. The molecule has 2 unspecified atom stereocenters. The van der Waals surface area contributed by atoms with E-state index in [0.717, 1.165) is 31.5 Å². The van der Waals surface area contributed by atoms with Crippen LogP contribution in [0.15, 0.2) is 30.5 Å². The number of nitrogens with zero attached hydrogens (tertiary/aromatic N) is 2. The zero-order chi connectivity index (χ0) is 24.5. The van der Waals surface area contributed by atoms with Gasteiger partial charge in [-0.1, -0.05) is 19.6 Å². The number of hydrogen-bond donors (Lipinski definition) is 2. The van der Waals surface area contributed by atoms with Crippen LogP contribution in [0.5, 0.6) is 0 Å². The summed E-state index contributed by atoms with van der Waals surface area (Å²) in [6.07, 6.45) is 2.78.